The van der Waals surface area contributed by atoms with Crippen LogP contribution in [0.3, 0.4) is 0 Å². The highest BCUT2D eigenvalue weighted by atomic mass is 79.9. The highest BCUT2D eigenvalue weighted by molar-refractivity contribution is 9.09. The molecule has 4 heteroatoms. The van der Waals surface area contributed by atoms with Crippen LogP contribution in [0.1, 0.15) is 39.0 Å². The fourth-order valence-electron chi connectivity index (χ4n) is 1.83. The first-order valence-corrected chi connectivity index (χ1v) is 6.83. The van der Waals surface area contributed by atoms with E-state index in [1.54, 1.807) is 0 Å². The number of rotatable bonds is 6. The largest absolute Gasteiger partial charge is 0.378 e. The fraction of sp³-hybridized carbons (Fsp3) is 1.00. The van der Waals surface area contributed by atoms with Crippen molar-refractivity contribution in [2.24, 2.45) is 0 Å². The third kappa shape index (κ3) is 5.29. The number of ether oxygens (including phenoxy) is 1. The summed E-state index contributed by atoms with van der Waals surface area (Å²) in [7, 11) is 0. The predicted octanol–water partition coefficient (Wildman–Crippen LogP) is 2.33. The van der Waals surface area contributed by atoms with Crippen molar-refractivity contribution in [1.29, 1.82) is 0 Å². The van der Waals surface area contributed by atoms with Crippen molar-refractivity contribution in [2.75, 3.05) is 19.7 Å². The van der Waals surface area contributed by atoms with E-state index in [-0.39, 0.29) is 11.2 Å². The monoisotopic (exact) mass is 279 g/mol. The lowest BCUT2D eigenvalue weighted by Crippen LogP contribution is -2.45. The molecule has 0 aliphatic carbocycles. The normalized spacial score (nSPS) is 25.4. The Labute approximate surface area is 101 Å². The Hall–Kier alpha value is 0.360. The van der Waals surface area contributed by atoms with Gasteiger partial charge in [0.2, 0.25) is 0 Å². The first-order chi connectivity index (χ1) is 7.24. The van der Waals surface area contributed by atoms with Crippen molar-refractivity contribution in [3.05, 3.63) is 0 Å². The van der Waals surface area contributed by atoms with Crippen molar-refractivity contribution in [3.63, 3.8) is 0 Å². The molecule has 1 N–H and O–H groups in total. The van der Waals surface area contributed by atoms with Gasteiger partial charge in [0.1, 0.15) is 11.2 Å². The molecule has 0 aromatic carbocycles. The average molecular weight is 280 g/mol. The Bertz CT molecular complexity index is 169. The minimum Gasteiger partial charge on any atom is -0.378 e. The van der Waals surface area contributed by atoms with E-state index in [4.69, 9.17) is 4.74 Å². The van der Waals surface area contributed by atoms with Gasteiger partial charge in [0, 0.05) is 13.1 Å². The van der Waals surface area contributed by atoms with Gasteiger partial charge in [-0.15, -0.1) is 0 Å². The summed E-state index contributed by atoms with van der Waals surface area (Å²) in [6.45, 7) is 4.54. The number of unbranched alkanes of at least 4 members (excludes halogenated alkanes) is 3. The van der Waals surface area contributed by atoms with Crippen LogP contribution in [0.15, 0.2) is 0 Å². The molecule has 1 aliphatic rings. The SMILES string of the molecule is CCCCCCC(O)N1CCOC(Br)C1. The molecule has 1 heterocycles. The third-order valence-corrected chi connectivity index (χ3v) is 3.35. The van der Waals surface area contributed by atoms with Crippen LogP contribution in [-0.4, -0.2) is 40.9 Å². The number of morpholine rings is 1. The van der Waals surface area contributed by atoms with Crippen LogP contribution in [0.5, 0.6) is 0 Å². The van der Waals surface area contributed by atoms with Crippen LogP contribution in [0.2, 0.25) is 0 Å². The number of aliphatic hydroxyl groups is 1. The lowest BCUT2D eigenvalue weighted by molar-refractivity contribution is -0.0700. The van der Waals surface area contributed by atoms with E-state index in [0.717, 1.165) is 25.9 Å². The summed E-state index contributed by atoms with van der Waals surface area (Å²) in [6, 6.07) is 0. The van der Waals surface area contributed by atoms with Gasteiger partial charge in [0.15, 0.2) is 0 Å². The van der Waals surface area contributed by atoms with Crippen LogP contribution < -0.4 is 0 Å². The second kappa shape index (κ2) is 7.60. The summed E-state index contributed by atoms with van der Waals surface area (Å²) in [4.78, 5) is 2.09. The summed E-state index contributed by atoms with van der Waals surface area (Å²) < 4.78 is 5.37. The molecular weight excluding hydrogens is 258 g/mol. The van der Waals surface area contributed by atoms with Gasteiger partial charge in [-0.1, -0.05) is 42.1 Å². The summed E-state index contributed by atoms with van der Waals surface area (Å²) in [5.74, 6) is 0. The molecule has 0 radical (unpaired) electrons. The molecule has 2 atom stereocenters. The van der Waals surface area contributed by atoms with Crippen LogP contribution in [0.25, 0.3) is 0 Å². The first kappa shape index (κ1) is 13.4. The summed E-state index contributed by atoms with van der Waals surface area (Å²) >= 11 is 3.42. The molecule has 2 unspecified atom stereocenters. The van der Waals surface area contributed by atoms with Gasteiger partial charge in [-0.05, 0) is 12.8 Å². The van der Waals surface area contributed by atoms with E-state index in [1.165, 1.54) is 19.3 Å². The molecule has 1 fully saturated rings. The molecule has 90 valence electrons. The number of nitrogens with zero attached hydrogens (tertiary/aromatic N) is 1. The maximum atomic E-state index is 9.94. The number of aliphatic hydroxyl groups excluding tert-OH is 1. The van der Waals surface area contributed by atoms with Crippen molar-refractivity contribution in [1.82, 2.24) is 4.90 Å². The average Bonchev–Trinajstić information content (AvgIpc) is 2.24. The third-order valence-electron chi connectivity index (χ3n) is 2.79. The Morgan fingerprint density at radius 3 is 2.93 bits per heavy atom. The molecule has 1 aliphatic heterocycles. The summed E-state index contributed by atoms with van der Waals surface area (Å²) in [6.07, 6.45) is 5.48. The van der Waals surface area contributed by atoms with E-state index < -0.39 is 0 Å². The van der Waals surface area contributed by atoms with E-state index in [1.807, 2.05) is 0 Å². The minimum atomic E-state index is -0.286. The topological polar surface area (TPSA) is 32.7 Å². The standard InChI is InChI=1S/C11H22BrNO2/c1-2-3-4-5-6-11(14)13-7-8-15-10(12)9-13/h10-11,14H,2-9H2,1H3. The van der Waals surface area contributed by atoms with Gasteiger partial charge in [0.05, 0.1) is 6.61 Å². The van der Waals surface area contributed by atoms with Gasteiger partial charge in [-0.3, -0.25) is 4.90 Å². The van der Waals surface area contributed by atoms with Crippen LogP contribution in [-0.2, 0) is 4.74 Å². The molecule has 15 heavy (non-hydrogen) atoms. The van der Waals surface area contributed by atoms with Crippen LogP contribution in [0.4, 0.5) is 0 Å². The Balaban J connectivity index is 2.12. The summed E-state index contributed by atoms with van der Waals surface area (Å²) in [5.41, 5.74) is 0. The van der Waals surface area contributed by atoms with Gasteiger partial charge < -0.3 is 9.84 Å². The van der Waals surface area contributed by atoms with E-state index in [9.17, 15) is 5.11 Å². The zero-order valence-corrected chi connectivity index (χ0v) is 11.1. The van der Waals surface area contributed by atoms with E-state index in [0.29, 0.717) is 6.61 Å². The lowest BCUT2D eigenvalue weighted by Gasteiger charge is -2.33. The molecule has 0 bridgehead atoms. The zero-order valence-electron chi connectivity index (χ0n) is 9.49. The smallest absolute Gasteiger partial charge is 0.125 e. The number of hydrogen-bond donors (Lipinski definition) is 1. The quantitative estimate of drug-likeness (QED) is 0.598. The molecular formula is C11H22BrNO2. The highest BCUT2D eigenvalue weighted by Gasteiger charge is 2.22. The molecule has 1 saturated heterocycles. The maximum Gasteiger partial charge on any atom is 0.125 e. The van der Waals surface area contributed by atoms with Gasteiger partial charge >= 0.3 is 0 Å². The second-order valence-electron chi connectivity index (χ2n) is 4.11. The van der Waals surface area contributed by atoms with Crippen molar-refractivity contribution < 1.29 is 9.84 Å². The lowest BCUT2D eigenvalue weighted by atomic mass is 10.1. The predicted molar refractivity (Wildman–Crippen MR) is 65.0 cm³/mol. The van der Waals surface area contributed by atoms with Crippen LogP contribution in [0, 0.1) is 0 Å². The van der Waals surface area contributed by atoms with Crippen molar-refractivity contribution >= 4 is 15.9 Å². The van der Waals surface area contributed by atoms with E-state index >= 15 is 0 Å². The molecule has 0 aromatic rings. The highest BCUT2D eigenvalue weighted by Crippen LogP contribution is 2.15. The first-order valence-electron chi connectivity index (χ1n) is 5.92. The molecule has 0 spiro atoms. The van der Waals surface area contributed by atoms with Crippen molar-refractivity contribution in [2.45, 2.75) is 50.3 Å². The minimum absolute atomic E-state index is 0.0801. The summed E-state index contributed by atoms with van der Waals surface area (Å²) in [5, 5.41) is 10.0. The van der Waals surface area contributed by atoms with Gasteiger partial charge in [0.25, 0.3) is 0 Å². The van der Waals surface area contributed by atoms with Gasteiger partial charge in [-0.2, -0.15) is 0 Å². The number of hydrogen-bond acceptors (Lipinski definition) is 3. The zero-order chi connectivity index (χ0) is 11.1. The Kier molecular flexibility index (Phi) is 6.81. The molecule has 0 aromatic heterocycles. The number of alkyl halides is 1. The second-order valence-corrected chi connectivity index (χ2v) is 5.13. The molecule has 0 saturated carbocycles. The van der Waals surface area contributed by atoms with Crippen molar-refractivity contribution in [3.8, 4) is 0 Å². The van der Waals surface area contributed by atoms with Gasteiger partial charge in [-0.25, -0.2) is 0 Å². The molecule has 3 nitrogen and oxygen atoms in total. The number of halogens is 1. The Morgan fingerprint density at radius 1 is 1.47 bits per heavy atom. The fourth-order valence-corrected chi connectivity index (χ4v) is 2.39. The Morgan fingerprint density at radius 2 is 2.27 bits per heavy atom. The van der Waals surface area contributed by atoms with Crippen LogP contribution >= 0.6 is 15.9 Å². The maximum absolute atomic E-state index is 9.94. The molecule has 0 amide bonds. The van der Waals surface area contributed by atoms with E-state index in [2.05, 4.69) is 27.8 Å². The molecule has 1 rings (SSSR count).